The molecule has 8 heavy (non-hydrogen) atoms. The summed E-state index contributed by atoms with van der Waals surface area (Å²) >= 11 is 0. The van der Waals surface area contributed by atoms with Crippen LogP contribution in [0.5, 0.6) is 0 Å². The van der Waals surface area contributed by atoms with E-state index in [1.807, 2.05) is 18.2 Å². The minimum atomic E-state index is 0.508. The largest absolute Gasteiger partial charge is 0.198 e. The lowest BCUT2D eigenvalue weighted by Gasteiger charge is -1.74. The van der Waals surface area contributed by atoms with E-state index in [4.69, 9.17) is 5.26 Å². The van der Waals surface area contributed by atoms with Crippen molar-refractivity contribution in [3.05, 3.63) is 24.8 Å². The molecule has 0 saturated heterocycles. The molecular formula is C7H9N. The Kier molecular flexibility index (Phi) is 5.20. The Bertz CT molecular complexity index is 117. The third-order valence-electron chi connectivity index (χ3n) is 0.679. The van der Waals surface area contributed by atoms with Crippen molar-refractivity contribution >= 4 is 0 Å². The lowest BCUT2D eigenvalue weighted by molar-refractivity contribution is 1.30. The molecular weight excluding hydrogens is 98.1 g/mol. The standard InChI is InChI=1S/C7H9N/c1-2-3-4-5-6-7-8/h2,4-5H,1,3,6H2/b5-4+. The van der Waals surface area contributed by atoms with Crippen LogP contribution in [0.4, 0.5) is 0 Å². The number of nitriles is 1. The molecule has 0 aromatic heterocycles. The molecule has 0 saturated carbocycles. The van der Waals surface area contributed by atoms with E-state index in [-0.39, 0.29) is 0 Å². The Hall–Kier alpha value is -1.03. The van der Waals surface area contributed by atoms with Crippen molar-refractivity contribution in [1.82, 2.24) is 0 Å². The van der Waals surface area contributed by atoms with Gasteiger partial charge in [-0.3, -0.25) is 0 Å². The fourth-order valence-electron chi connectivity index (χ4n) is 0.328. The highest BCUT2D eigenvalue weighted by atomic mass is 14.2. The Balaban J connectivity index is 3.10. The van der Waals surface area contributed by atoms with Crippen LogP contribution in [0.15, 0.2) is 24.8 Å². The van der Waals surface area contributed by atoms with Crippen LogP contribution in [-0.4, -0.2) is 0 Å². The Morgan fingerprint density at radius 3 is 2.75 bits per heavy atom. The van der Waals surface area contributed by atoms with E-state index in [1.165, 1.54) is 0 Å². The van der Waals surface area contributed by atoms with E-state index in [2.05, 4.69) is 6.58 Å². The zero-order chi connectivity index (χ0) is 6.24. The van der Waals surface area contributed by atoms with Gasteiger partial charge >= 0.3 is 0 Å². The summed E-state index contributed by atoms with van der Waals surface area (Å²) in [5.41, 5.74) is 0. The third kappa shape index (κ3) is 4.97. The molecule has 0 aliphatic heterocycles. The summed E-state index contributed by atoms with van der Waals surface area (Å²) in [5.74, 6) is 0. The van der Waals surface area contributed by atoms with Crippen LogP contribution >= 0.6 is 0 Å². The smallest absolute Gasteiger partial charge is 0.0663 e. The minimum Gasteiger partial charge on any atom is -0.198 e. The second-order valence-electron chi connectivity index (χ2n) is 1.36. The molecule has 0 rings (SSSR count). The summed E-state index contributed by atoms with van der Waals surface area (Å²) in [5, 5.41) is 8.04. The molecule has 1 heteroatoms. The molecule has 0 aliphatic rings. The molecule has 0 radical (unpaired) electrons. The molecule has 0 amide bonds. The Morgan fingerprint density at radius 2 is 2.25 bits per heavy atom. The van der Waals surface area contributed by atoms with Crippen LogP contribution < -0.4 is 0 Å². The molecule has 0 spiro atoms. The van der Waals surface area contributed by atoms with Gasteiger partial charge in [0, 0.05) is 0 Å². The van der Waals surface area contributed by atoms with E-state index in [0.717, 1.165) is 6.42 Å². The highest BCUT2D eigenvalue weighted by Crippen LogP contribution is 1.84. The van der Waals surface area contributed by atoms with Crippen molar-refractivity contribution < 1.29 is 0 Å². The second kappa shape index (κ2) is 5.97. The molecule has 0 aromatic rings. The maximum absolute atomic E-state index is 8.04. The molecule has 0 N–H and O–H groups in total. The van der Waals surface area contributed by atoms with Gasteiger partial charge < -0.3 is 0 Å². The first-order valence-electron chi connectivity index (χ1n) is 2.54. The molecule has 42 valence electrons. The SMILES string of the molecule is C=CC/C=C/CC#N. The molecule has 0 aromatic carbocycles. The van der Waals surface area contributed by atoms with E-state index in [0.29, 0.717) is 6.42 Å². The quantitative estimate of drug-likeness (QED) is 0.506. The van der Waals surface area contributed by atoms with Crippen molar-refractivity contribution in [2.45, 2.75) is 12.8 Å². The maximum atomic E-state index is 8.04. The van der Waals surface area contributed by atoms with Gasteiger partial charge in [-0.05, 0) is 6.42 Å². The van der Waals surface area contributed by atoms with Crippen molar-refractivity contribution in [2.24, 2.45) is 0 Å². The molecule has 0 fully saturated rings. The van der Waals surface area contributed by atoms with E-state index < -0.39 is 0 Å². The monoisotopic (exact) mass is 107 g/mol. The van der Waals surface area contributed by atoms with Gasteiger partial charge in [0.1, 0.15) is 0 Å². The second-order valence-corrected chi connectivity index (χ2v) is 1.36. The van der Waals surface area contributed by atoms with E-state index in [1.54, 1.807) is 6.08 Å². The van der Waals surface area contributed by atoms with Gasteiger partial charge in [-0.15, -0.1) is 6.58 Å². The van der Waals surface area contributed by atoms with Crippen molar-refractivity contribution in [3.63, 3.8) is 0 Å². The average Bonchev–Trinajstić information content (AvgIpc) is 1.81. The summed E-state index contributed by atoms with van der Waals surface area (Å²) < 4.78 is 0. The van der Waals surface area contributed by atoms with E-state index in [9.17, 15) is 0 Å². The van der Waals surface area contributed by atoms with Crippen LogP contribution in [0, 0.1) is 11.3 Å². The van der Waals surface area contributed by atoms with Crippen LogP contribution in [0.2, 0.25) is 0 Å². The van der Waals surface area contributed by atoms with Crippen LogP contribution in [0.25, 0.3) is 0 Å². The van der Waals surface area contributed by atoms with Crippen molar-refractivity contribution in [2.75, 3.05) is 0 Å². The lowest BCUT2D eigenvalue weighted by atomic mass is 10.3. The predicted molar refractivity (Wildman–Crippen MR) is 34.2 cm³/mol. The van der Waals surface area contributed by atoms with Gasteiger partial charge in [0.05, 0.1) is 12.5 Å². The number of hydrogen-bond donors (Lipinski definition) is 0. The fraction of sp³-hybridized carbons (Fsp3) is 0.286. The molecule has 0 atom stereocenters. The van der Waals surface area contributed by atoms with Gasteiger partial charge in [0.25, 0.3) is 0 Å². The highest BCUT2D eigenvalue weighted by molar-refractivity contribution is 4.93. The van der Waals surface area contributed by atoms with Crippen LogP contribution in [-0.2, 0) is 0 Å². The predicted octanol–water partition coefficient (Wildman–Crippen LogP) is 2.03. The summed E-state index contributed by atoms with van der Waals surface area (Å²) in [6.07, 6.45) is 6.93. The van der Waals surface area contributed by atoms with Crippen molar-refractivity contribution in [1.29, 1.82) is 5.26 Å². The average molecular weight is 107 g/mol. The van der Waals surface area contributed by atoms with E-state index >= 15 is 0 Å². The molecule has 1 nitrogen and oxygen atoms in total. The van der Waals surface area contributed by atoms with Gasteiger partial charge in [0.15, 0.2) is 0 Å². The first-order chi connectivity index (χ1) is 3.91. The number of rotatable bonds is 3. The highest BCUT2D eigenvalue weighted by Gasteiger charge is 1.67. The Morgan fingerprint density at radius 1 is 1.50 bits per heavy atom. The molecule has 0 heterocycles. The minimum absolute atomic E-state index is 0.508. The molecule has 0 unspecified atom stereocenters. The summed E-state index contributed by atoms with van der Waals surface area (Å²) in [6.45, 7) is 3.52. The van der Waals surface area contributed by atoms with Crippen LogP contribution in [0.1, 0.15) is 12.8 Å². The van der Waals surface area contributed by atoms with Gasteiger partial charge in [0.2, 0.25) is 0 Å². The van der Waals surface area contributed by atoms with Gasteiger partial charge in [-0.1, -0.05) is 18.2 Å². The van der Waals surface area contributed by atoms with Crippen molar-refractivity contribution in [3.8, 4) is 6.07 Å². The number of hydrogen-bond acceptors (Lipinski definition) is 1. The zero-order valence-corrected chi connectivity index (χ0v) is 4.80. The fourth-order valence-corrected chi connectivity index (χ4v) is 0.328. The first kappa shape index (κ1) is 6.97. The lowest BCUT2D eigenvalue weighted by Crippen LogP contribution is -1.56. The normalized spacial score (nSPS) is 8.88. The molecule has 0 aliphatic carbocycles. The summed E-state index contributed by atoms with van der Waals surface area (Å²) in [4.78, 5) is 0. The Labute approximate surface area is 49.9 Å². The third-order valence-corrected chi connectivity index (χ3v) is 0.679. The zero-order valence-electron chi connectivity index (χ0n) is 4.80. The van der Waals surface area contributed by atoms with Crippen LogP contribution in [0.3, 0.4) is 0 Å². The summed E-state index contributed by atoms with van der Waals surface area (Å²) in [6, 6.07) is 2.01. The summed E-state index contributed by atoms with van der Waals surface area (Å²) in [7, 11) is 0. The number of allylic oxidation sites excluding steroid dienone is 3. The first-order valence-corrected chi connectivity index (χ1v) is 2.54. The maximum Gasteiger partial charge on any atom is 0.0663 e. The topological polar surface area (TPSA) is 23.8 Å². The van der Waals surface area contributed by atoms with Gasteiger partial charge in [-0.25, -0.2) is 0 Å². The molecule has 0 bridgehead atoms. The van der Waals surface area contributed by atoms with Gasteiger partial charge in [-0.2, -0.15) is 5.26 Å². The number of nitrogens with zero attached hydrogens (tertiary/aromatic N) is 1.